The number of alkyl halides is 2. The second-order valence-corrected chi connectivity index (χ2v) is 3.38. The van der Waals surface area contributed by atoms with E-state index in [2.05, 4.69) is 0 Å². The van der Waals surface area contributed by atoms with Crippen molar-refractivity contribution in [3.8, 4) is 5.75 Å². The molecule has 0 N–H and O–H groups in total. The van der Waals surface area contributed by atoms with Crippen molar-refractivity contribution >= 4 is 35.0 Å². The number of nitro benzene ring substituents is 1. The number of hydrogen-bond donors (Lipinski definition) is 0. The number of halogens is 2. The first kappa shape index (κ1) is 13.5. The zero-order chi connectivity index (χ0) is 12.8. The van der Waals surface area contributed by atoms with Gasteiger partial charge in [-0.15, -0.1) is 23.2 Å². The van der Waals surface area contributed by atoms with Crippen molar-refractivity contribution in [3.05, 3.63) is 34.4 Å². The highest BCUT2D eigenvalue weighted by Gasteiger charge is 2.14. The highest BCUT2D eigenvalue weighted by Crippen LogP contribution is 2.18. The summed E-state index contributed by atoms with van der Waals surface area (Å²) in [5.41, 5.74) is -0.0867. The minimum Gasteiger partial charge on any atom is -0.410 e. The quantitative estimate of drug-likeness (QED) is 0.367. The number of nitrogens with zero attached hydrogens (tertiary/aromatic N) is 2. The second-order valence-electron chi connectivity index (χ2n) is 2.90. The van der Waals surface area contributed by atoms with Crippen molar-refractivity contribution in [1.29, 1.82) is 0 Å². The summed E-state index contributed by atoms with van der Waals surface area (Å²) in [6.07, 6.45) is -0.719. The molecule has 0 spiro atoms. The van der Waals surface area contributed by atoms with Crippen molar-refractivity contribution in [1.82, 2.24) is 4.90 Å². The maximum Gasteiger partial charge on any atom is 0.417 e. The summed E-state index contributed by atoms with van der Waals surface area (Å²) < 4.78 is 4.89. The summed E-state index contributed by atoms with van der Waals surface area (Å²) >= 11 is 10.9. The molecule has 1 amide bonds. The molecule has 0 unspecified atom stereocenters. The number of amides is 1. The lowest BCUT2D eigenvalue weighted by Crippen LogP contribution is -2.31. The molecule has 0 aliphatic rings. The van der Waals surface area contributed by atoms with Crippen LogP contribution in [-0.4, -0.2) is 27.9 Å². The number of carbonyl (C=O) groups excluding carboxylic acids is 1. The average Bonchev–Trinajstić information content (AvgIpc) is 2.31. The summed E-state index contributed by atoms with van der Waals surface area (Å²) in [4.78, 5) is 22.3. The van der Waals surface area contributed by atoms with E-state index >= 15 is 0 Å². The topological polar surface area (TPSA) is 72.7 Å². The SMILES string of the molecule is O=C(Oc1ccc([N+](=O)[O-])cc1)N(CCl)CCl. The summed E-state index contributed by atoms with van der Waals surface area (Å²) in [5.74, 6) is 0.181. The Balaban J connectivity index is 2.69. The summed E-state index contributed by atoms with van der Waals surface area (Å²) in [6.45, 7) is 0. The number of carbonyl (C=O) groups is 1. The van der Waals surface area contributed by atoms with E-state index in [1.165, 1.54) is 24.3 Å². The molecule has 8 heteroatoms. The molecule has 0 radical (unpaired) electrons. The van der Waals surface area contributed by atoms with Gasteiger partial charge in [0.25, 0.3) is 5.69 Å². The summed E-state index contributed by atoms with van der Waals surface area (Å²) in [5, 5.41) is 10.4. The van der Waals surface area contributed by atoms with Crippen LogP contribution in [0, 0.1) is 10.1 Å². The van der Waals surface area contributed by atoms with Crippen LogP contribution < -0.4 is 4.74 Å². The maximum absolute atomic E-state index is 11.4. The van der Waals surface area contributed by atoms with Crippen LogP contribution in [0.3, 0.4) is 0 Å². The maximum atomic E-state index is 11.4. The molecule has 17 heavy (non-hydrogen) atoms. The molecule has 0 aliphatic heterocycles. The molecule has 6 nitrogen and oxygen atoms in total. The molecular formula is C9H8Cl2N2O4. The lowest BCUT2D eigenvalue weighted by Gasteiger charge is -2.15. The standard InChI is InChI=1S/C9H8Cl2N2O4/c10-5-12(6-11)9(14)17-8-3-1-7(2-4-8)13(15)16/h1-4H,5-6H2. The monoisotopic (exact) mass is 278 g/mol. The smallest absolute Gasteiger partial charge is 0.410 e. The predicted molar refractivity (Wildman–Crippen MR) is 62.4 cm³/mol. The molecule has 0 bridgehead atoms. The van der Waals surface area contributed by atoms with Crippen LogP contribution in [0.25, 0.3) is 0 Å². The van der Waals surface area contributed by atoms with Gasteiger partial charge in [-0.05, 0) is 12.1 Å². The Labute approximate surface area is 107 Å². The Morgan fingerprint density at radius 1 is 1.29 bits per heavy atom. The number of ether oxygens (including phenoxy) is 1. The minimum absolute atomic E-state index is 0.0867. The van der Waals surface area contributed by atoms with Gasteiger partial charge in [-0.2, -0.15) is 0 Å². The zero-order valence-corrected chi connectivity index (χ0v) is 10.0. The van der Waals surface area contributed by atoms with Crippen LogP contribution in [0.1, 0.15) is 0 Å². The van der Waals surface area contributed by atoms with Gasteiger partial charge >= 0.3 is 6.09 Å². The van der Waals surface area contributed by atoms with Gasteiger partial charge < -0.3 is 4.74 Å². The Morgan fingerprint density at radius 3 is 2.24 bits per heavy atom. The number of nitro groups is 1. The lowest BCUT2D eigenvalue weighted by atomic mass is 10.3. The summed E-state index contributed by atoms with van der Waals surface area (Å²) in [7, 11) is 0. The first-order valence-electron chi connectivity index (χ1n) is 4.41. The van der Waals surface area contributed by atoms with E-state index < -0.39 is 11.0 Å². The van der Waals surface area contributed by atoms with Gasteiger partial charge in [-0.3, -0.25) is 15.0 Å². The molecule has 0 aliphatic carbocycles. The normalized spacial score (nSPS) is 9.76. The average molecular weight is 279 g/mol. The fourth-order valence-electron chi connectivity index (χ4n) is 0.931. The molecule has 1 aromatic carbocycles. The van der Waals surface area contributed by atoms with Gasteiger partial charge in [0.2, 0.25) is 0 Å². The third-order valence-electron chi connectivity index (χ3n) is 1.80. The van der Waals surface area contributed by atoms with Crippen molar-refractivity contribution < 1.29 is 14.5 Å². The summed E-state index contributed by atoms with van der Waals surface area (Å²) in [6, 6.07) is 4.89. The molecular weight excluding hydrogens is 271 g/mol. The first-order chi connectivity index (χ1) is 8.08. The van der Waals surface area contributed by atoms with Crippen LogP contribution in [0.4, 0.5) is 10.5 Å². The zero-order valence-electron chi connectivity index (χ0n) is 8.51. The largest absolute Gasteiger partial charge is 0.417 e. The van der Waals surface area contributed by atoms with Crippen LogP contribution in [0.2, 0.25) is 0 Å². The van der Waals surface area contributed by atoms with Gasteiger partial charge in [0.05, 0.1) is 4.92 Å². The molecule has 0 saturated heterocycles. The molecule has 92 valence electrons. The van der Waals surface area contributed by atoms with Crippen molar-refractivity contribution in [2.45, 2.75) is 0 Å². The van der Waals surface area contributed by atoms with Crippen LogP contribution in [0.5, 0.6) is 5.75 Å². The third kappa shape index (κ3) is 3.76. The molecule has 0 fully saturated rings. The molecule has 0 atom stereocenters. The Morgan fingerprint density at radius 2 is 1.82 bits per heavy atom. The Bertz CT molecular complexity index is 406. The van der Waals surface area contributed by atoms with Crippen LogP contribution >= 0.6 is 23.2 Å². The fourth-order valence-corrected chi connectivity index (χ4v) is 1.38. The number of non-ortho nitro benzene ring substituents is 1. The predicted octanol–water partition coefficient (Wildman–Crippen LogP) is 2.79. The third-order valence-corrected chi connectivity index (χ3v) is 2.38. The molecule has 0 heterocycles. The first-order valence-corrected chi connectivity index (χ1v) is 5.48. The lowest BCUT2D eigenvalue weighted by molar-refractivity contribution is -0.384. The van der Waals surface area contributed by atoms with Crippen LogP contribution in [0.15, 0.2) is 24.3 Å². The van der Waals surface area contributed by atoms with Crippen molar-refractivity contribution in [3.63, 3.8) is 0 Å². The van der Waals surface area contributed by atoms with Gasteiger partial charge in [0.15, 0.2) is 0 Å². The molecule has 1 rings (SSSR count). The molecule has 1 aromatic rings. The van der Waals surface area contributed by atoms with Crippen LogP contribution in [-0.2, 0) is 0 Å². The van der Waals surface area contributed by atoms with Gasteiger partial charge in [0, 0.05) is 12.1 Å². The Kier molecular flexibility index (Phi) is 4.99. The number of rotatable bonds is 4. The van der Waals surface area contributed by atoms with E-state index in [1.807, 2.05) is 0 Å². The molecule has 0 saturated carbocycles. The highest BCUT2D eigenvalue weighted by molar-refractivity contribution is 6.21. The molecule has 0 aromatic heterocycles. The van der Waals surface area contributed by atoms with Gasteiger partial charge in [0.1, 0.15) is 17.8 Å². The minimum atomic E-state index is -0.719. The van der Waals surface area contributed by atoms with E-state index in [0.717, 1.165) is 4.90 Å². The van der Waals surface area contributed by atoms with E-state index in [9.17, 15) is 14.9 Å². The van der Waals surface area contributed by atoms with Gasteiger partial charge in [-0.25, -0.2) is 4.79 Å². The van der Waals surface area contributed by atoms with Crippen molar-refractivity contribution in [2.75, 3.05) is 12.0 Å². The number of hydrogen-bond acceptors (Lipinski definition) is 4. The fraction of sp³-hybridized carbons (Fsp3) is 0.222. The van der Waals surface area contributed by atoms with E-state index in [0.29, 0.717) is 0 Å². The van der Waals surface area contributed by atoms with E-state index in [1.54, 1.807) is 0 Å². The highest BCUT2D eigenvalue weighted by atomic mass is 35.5. The number of benzene rings is 1. The van der Waals surface area contributed by atoms with E-state index in [4.69, 9.17) is 27.9 Å². The van der Waals surface area contributed by atoms with E-state index in [-0.39, 0.29) is 23.4 Å². The van der Waals surface area contributed by atoms with Gasteiger partial charge in [-0.1, -0.05) is 0 Å². The second kappa shape index (κ2) is 6.27. The van der Waals surface area contributed by atoms with Crippen molar-refractivity contribution in [2.24, 2.45) is 0 Å². The Hall–Kier alpha value is -1.53.